The second-order valence-corrected chi connectivity index (χ2v) is 4.76. The van der Waals surface area contributed by atoms with Gasteiger partial charge in [-0.3, -0.25) is 4.79 Å². The van der Waals surface area contributed by atoms with E-state index in [1.54, 1.807) is 11.8 Å². The van der Waals surface area contributed by atoms with E-state index in [0.29, 0.717) is 0 Å². The summed E-state index contributed by atoms with van der Waals surface area (Å²) in [5.41, 5.74) is -0.230. The van der Waals surface area contributed by atoms with Crippen LogP contribution < -0.4 is 5.32 Å². The molecule has 90 valence electrons. The Kier molecular flexibility index (Phi) is 3.58. The van der Waals surface area contributed by atoms with E-state index in [1.807, 2.05) is 0 Å². The summed E-state index contributed by atoms with van der Waals surface area (Å²) >= 11 is 1.72. The number of carbonyl (C=O) groups is 2. The van der Waals surface area contributed by atoms with E-state index in [4.69, 9.17) is 5.11 Å². The van der Waals surface area contributed by atoms with Crippen LogP contribution >= 0.6 is 11.8 Å². The zero-order chi connectivity index (χ0) is 12.3. The zero-order valence-corrected chi connectivity index (χ0v) is 9.74. The van der Waals surface area contributed by atoms with Gasteiger partial charge in [-0.2, -0.15) is 11.8 Å². The van der Waals surface area contributed by atoms with Crippen LogP contribution in [0.15, 0.2) is 12.4 Å². The lowest BCUT2D eigenvalue weighted by atomic mass is 10.1. The van der Waals surface area contributed by atoms with E-state index >= 15 is 0 Å². The number of carboxylic acids is 1. The van der Waals surface area contributed by atoms with Crippen molar-refractivity contribution in [3.63, 3.8) is 0 Å². The molecule has 0 radical (unpaired) electrons. The fourth-order valence-electron chi connectivity index (χ4n) is 1.55. The van der Waals surface area contributed by atoms with Gasteiger partial charge in [-0.1, -0.05) is 0 Å². The molecular formula is C10H11N3O3S. The molecular weight excluding hydrogens is 242 g/mol. The van der Waals surface area contributed by atoms with Gasteiger partial charge in [-0.25, -0.2) is 14.8 Å². The number of aromatic carboxylic acids is 1. The molecule has 0 bridgehead atoms. The van der Waals surface area contributed by atoms with Crippen molar-refractivity contribution in [2.75, 3.05) is 16.8 Å². The molecule has 0 aromatic carbocycles. The molecule has 1 aliphatic heterocycles. The van der Waals surface area contributed by atoms with Gasteiger partial charge in [-0.05, 0) is 12.2 Å². The highest BCUT2D eigenvalue weighted by Gasteiger charge is 2.25. The number of anilines is 1. The van der Waals surface area contributed by atoms with Crippen molar-refractivity contribution in [3.05, 3.63) is 18.1 Å². The van der Waals surface area contributed by atoms with Crippen LogP contribution in [0.25, 0.3) is 0 Å². The maximum Gasteiger partial charge on any atom is 0.358 e. The highest BCUT2D eigenvalue weighted by molar-refractivity contribution is 7.99. The normalized spacial score (nSPS) is 18.9. The number of hydrogen-bond acceptors (Lipinski definition) is 5. The van der Waals surface area contributed by atoms with Crippen molar-refractivity contribution in [2.45, 2.75) is 6.42 Å². The number of thioether (sulfide) groups is 1. The van der Waals surface area contributed by atoms with Crippen LogP contribution in [0, 0.1) is 5.92 Å². The van der Waals surface area contributed by atoms with Crippen LogP contribution in [0.2, 0.25) is 0 Å². The van der Waals surface area contributed by atoms with Crippen LogP contribution in [-0.2, 0) is 4.79 Å². The van der Waals surface area contributed by atoms with Crippen molar-refractivity contribution in [1.29, 1.82) is 0 Å². The van der Waals surface area contributed by atoms with Crippen LogP contribution in [0.5, 0.6) is 0 Å². The summed E-state index contributed by atoms with van der Waals surface area (Å²) in [5, 5.41) is 11.4. The number of carboxylic acid groups (broad SMARTS) is 1. The second-order valence-electron chi connectivity index (χ2n) is 3.61. The third kappa shape index (κ3) is 2.73. The standard InChI is InChI=1S/C10H11N3O3S/c14-9(6-1-4-17-5-6)13-8-7(10(15)16)11-2-3-12-8/h2-3,6H,1,4-5H2,(H,15,16)(H,12,13,14). The Hall–Kier alpha value is -1.63. The van der Waals surface area contributed by atoms with Gasteiger partial charge in [0, 0.05) is 24.1 Å². The first kappa shape index (κ1) is 11.8. The van der Waals surface area contributed by atoms with E-state index in [0.717, 1.165) is 17.9 Å². The summed E-state index contributed by atoms with van der Waals surface area (Å²) in [5.74, 6) is 0.302. The van der Waals surface area contributed by atoms with Gasteiger partial charge in [0.1, 0.15) is 0 Å². The van der Waals surface area contributed by atoms with Crippen molar-refractivity contribution in [2.24, 2.45) is 5.92 Å². The molecule has 0 spiro atoms. The lowest BCUT2D eigenvalue weighted by Crippen LogP contribution is -2.24. The number of aromatic nitrogens is 2. The summed E-state index contributed by atoms with van der Waals surface area (Å²) in [6.45, 7) is 0. The molecule has 1 atom stereocenters. The van der Waals surface area contributed by atoms with E-state index in [1.165, 1.54) is 12.4 Å². The van der Waals surface area contributed by atoms with Gasteiger partial charge < -0.3 is 10.4 Å². The Bertz CT molecular complexity index is 446. The minimum absolute atomic E-state index is 0.0156. The van der Waals surface area contributed by atoms with Gasteiger partial charge in [0.05, 0.1) is 0 Å². The first-order valence-electron chi connectivity index (χ1n) is 5.11. The average Bonchev–Trinajstić information content (AvgIpc) is 2.83. The van der Waals surface area contributed by atoms with Crippen LogP contribution in [0.3, 0.4) is 0 Å². The molecule has 0 aliphatic carbocycles. The minimum atomic E-state index is -1.20. The number of nitrogens with zero attached hydrogens (tertiary/aromatic N) is 2. The van der Waals surface area contributed by atoms with Crippen molar-refractivity contribution >= 4 is 29.5 Å². The van der Waals surface area contributed by atoms with Gasteiger partial charge in [0.2, 0.25) is 5.91 Å². The Morgan fingerprint density at radius 3 is 2.82 bits per heavy atom. The number of amides is 1. The number of nitrogens with one attached hydrogen (secondary N) is 1. The van der Waals surface area contributed by atoms with E-state index in [9.17, 15) is 9.59 Å². The molecule has 7 heteroatoms. The third-order valence-electron chi connectivity index (χ3n) is 2.44. The highest BCUT2D eigenvalue weighted by Crippen LogP contribution is 2.24. The minimum Gasteiger partial charge on any atom is -0.476 e. The molecule has 1 saturated heterocycles. The quantitative estimate of drug-likeness (QED) is 0.830. The van der Waals surface area contributed by atoms with Crippen molar-refractivity contribution in [1.82, 2.24) is 9.97 Å². The molecule has 1 aliphatic rings. The Morgan fingerprint density at radius 2 is 2.18 bits per heavy atom. The van der Waals surface area contributed by atoms with Gasteiger partial charge in [-0.15, -0.1) is 0 Å². The van der Waals surface area contributed by atoms with Crippen LogP contribution in [0.1, 0.15) is 16.9 Å². The monoisotopic (exact) mass is 253 g/mol. The van der Waals surface area contributed by atoms with Gasteiger partial charge >= 0.3 is 5.97 Å². The lowest BCUT2D eigenvalue weighted by Gasteiger charge is -2.09. The summed E-state index contributed by atoms with van der Waals surface area (Å²) in [4.78, 5) is 30.2. The maximum absolute atomic E-state index is 11.8. The average molecular weight is 253 g/mol. The second kappa shape index (κ2) is 5.13. The molecule has 1 unspecified atom stereocenters. The topological polar surface area (TPSA) is 92.2 Å². The first-order chi connectivity index (χ1) is 8.18. The summed E-state index contributed by atoms with van der Waals surface area (Å²) in [6, 6.07) is 0. The molecule has 2 N–H and O–H groups in total. The first-order valence-corrected chi connectivity index (χ1v) is 6.27. The Morgan fingerprint density at radius 1 is 1.41 bits per heavy atom. The molecule has 2 heterocycles. The number of hydrogen-bond donors (Lipinski definition) is 2. The number of carbonyl (C=O) groups excluding carboxylic acids is 1. The van der Waals surface area contributed by atoms with E-state index in [-0.39, 0.29) is 23.3 Å². The van der Waals surface area contributed by atoms with E-state index in [2.05, 4.69) is 15.3 Å². The van der Waals surface area contributed by atoms with Gasteiger partial charge in [0.25, 0.3) is 0 Å². The predicted octanol–water partition coefficient (Wildman–Crippen LogP) is 0.866. The van der Waals surface area contributed by atoms with Crippen LogP contribution in [0.4, 0.5) is 5.82 Å². The Balaban J connectivity index is 2.12. The summed E-state index contributed by atoms with van der Waals surface area (Å²) in [7, 11) is 0. The summed E-state index contributed by atoms with van der Waals surface area (Å²) < 4.78 is 0. The molecule has 1 amide bonds. The molecule has 0 saturated carbocycles. The zero-order valence-electron chi connectivity index (χ0n) is 8.92. The largest absolute Gasteiger partial charge is 0.476 e. The smallest absolute Gasteiger partial charge is 0.358 e. The SMILES string of the molecule is O=C(O)c1nccnc1NC(=O)C1CCSC1. The predicted molar refractivity (Wildman–Crippen MR) is 63.1 cm³/mol. The van der Waals surface area contributed by atoms with Crippen LogP contribution in [-0.4, -0.2) is 38.5 Å². The summed E-state index contributed by atoms with van der Waals surface area (Å²) in [6.07, 6.45) is 3.45. The fraction of sp³-hybridized carbons (Fsp3) is 0.400. The fourth-order valence-corrected chi connectivity index (χ4v) is 2.77. The molecule has 2 rings (SSSR count). The molecule has 1 aromatic rings. The Labute approximate surface area is 102 Å². The van der Waals surface area contributed by atoms with Crippen molar-refractivity contribution < 1.29 is 14.7 Å². The lowest BCUT2D eigenvalue weighted by molar-refractivity contribution is -0.119. The maximum atomic E-state index is 11.8. The third-order valence-corrected chi connectivity index (χ3v) is 3.61. The van der Waals surface area contributed by atoms with Gasteiger partial charge in [0.15, 0.2) is 11.5 Å². The molecule has 17 heavy (non-hydrogen) atoms. The molecule has 1 fully saturated rings. The molecule has 6 nitrogen and oxygen atoms in total. The molecule has 1 aromatic heterocycles. The van der Waals surface area contributed by atoms with E-state index < -0.39 is 5.97 Å². The number of rotatable bonds is 3. The highest BCUT2D eigenvalue weighted by atomic mass is 32.2. The van der Waals surface area contributed by atoms with Crippen molar-refractivity contribution in [3.8, 4) is 0 Å².